The third-order valence-corrected chi connectivity index (χ3v) is 6.15. The third kappa shape index (κ3) is 19.4. The SMILES string of the molecule is CCCCCCCC[N+](C)(C)C1CCCCCCCCCCC1.O=P(O)(O)O. The Hall–Kier alpha value is 0.0700. The molecule has 0 aromatic rings. The Bertz CT molecular complexity index is 378. The predicted octanol–water partition coefficient (Wildman–Crippen LogP) is 6.17. The van der Waals surface area contributed by atoms with E-state index < -0.39 is 7.82 Å². The summed E-state index contributed by atoms with van der Waals surface area (Å²) in [5.41, 5.74) is 0. The van der Waals surface area contributed by atoms with Crippen LogP contribution in [0.4, 0.5) is 0 Å². The number of phosphoric acid groups is 1. The van der Waals surface area contributed by atoms with E-state index in [9.17, 15) is 0 Å². The van der Waals surface area contributed by atoms with Gasteiger partial charge in [0.1, 0.15) is 0 Å². The van der Waals surface area contributed by atoms with Gasteiger partial charge in [0.25, 0.3) is 0 Å². The van der Waals surface area contributed by atoms with Crippen LogP contribution >= 0.6 is 7.82 Å². The number of hydrogen-bond donors (Lipinski definition) is 3. The molecular formula is C22H49NO4P+. The molecule has 1 rings (SSSR count). The van der Waals surface area contributed by atoms with Crippen LogP contribution in [0.25, 0.3) is 0 Å². The minimum absolute atomic E-state index is 0.921. The van der Waals surface area contributed by atoms with E-state index in [1.807, 2.05) is 0 Å². The quantitative estimate of drug-likeness (QED) is 0.248. The van der Waals surface area contributed by atoms with Crippen molar-refractivity contribution in [2.45, 2.75) is 122 Å². The highest BCUT2D eigenvalue weighted by Gasteiger charge is 2.26. The van der Waals surface area contributed by atoms with Gasteiger partial charge >= 0.3 is 7.82 Å². The van der Waals surface area contributed by atoms with Gasteiger partial charge in [-0.05, 0) is 38.5 Å². The topological polar surface area (TPSA) is 77.8 Å². The van der Waals surface area contributed by atoms with Gasteiger partial charge in [-0.15, -0.1) is 0 Å². The van der Waals surface area contributed by atoms with Crippen LogP contribution in [-0.4, -0.2) is 45.8 Å². The average molecular weight is 423 g/mol. The van der Waals surface area contributed by atoms with Crippen molar-refractivity contribution in [3.63, 3.8) is 0 Å². The van der Waals surface area contributed by atoms with Crippen molar-refractivity contribution < 1.29 is 23.7 Å². The Labute approximate surface area is 174 Å². The second-order valence-corrected chi connectivity index (χ2v) is 10.2. The molecule has 0 heterocycles. The molecule has 5 nitrogen and oxygen atoms in total. The van der Waals surface area contributed by atoms with Crippen LogP contribution in [0.5, 0.6) is 0 Å². The van der Waals surface area contributed by atoms with Crippen molar-refractivity contribution in [3.05, 3.63) is 0 Å². The highest BCUT2D eigenvalue weighted by atomic mass is 31.2. The number of quaternary nitrogens is 1. The molecule has 1 aliphatic carbocycles. The van der Waals surface area contributed by atoms with Gasteiger partial charge in [-0.2, -0.15) is 0 Å². The van der Waals surface area contributed by atoms with E-state index in [1.165, 1.54) is 120 Å². The van der Waals surface area contributed by atoms with Crippen LogP contribution in [0.1, 0.15) is 116 Å². The molecule has 1 saturated carbocycles. The summed E-state index contributed by atoms with van der Waals surface area (Å²) in [4.78, 5) is 21.6. The van der Waals surface area contributed by atoms with Gasteiger partial charge in [-0.25, -0.2) is 4.57 Å². The van der Waals surface area contributed by atoms with Crippen molar-refractivity contribution >= 4 is 7.82 Å². The fourth-order valence-electron chi connectivity index (χ4n) is 4.32. The van der Waals surface area contributed by atoms with Crippen molar-refractivity contribution in [2.75, 3.05) is 20.6 Å². The number of nitrogens with zero attached hydrogens (tertiary/aromatic N) is 1. The largest absolute Gasteiger partial charge is 0.466 e. The van der Waals surface area contributed by atoms with Crippen LogP contribution in [-0.2, 0) is 4.57 Å². The van der Waals surface area contributed by atoms with Crippen LogP contribution in [0.3, 0.4) is 0 Å². The van der Waals surface area contributed by atoms with Gasteiger partial charge in [-0.1, -0.05) is 77.6 Å². The first-order valence-electron chi connectivity index (χ1n) is 11.8. The van der Waals surface area contributed by atoms with Crippen LogP contribution in [0, 0.1) is 0 Å². The summed E-state index contributed by atoms with van der Waals surface area (Å²) in [5, 5.41) is 0. The number of rotatable bonds is 8. The maximum absolute atomic E-state index is 8.88. The highest BCUT2D eigenvalue weighted by Crippen LogP contribution is 2.26. The standard InChI is InChI=1S/C22H46N.H3O4P/c1-4-5-6-7-15-18-21-23(2,3)22-19-16-13-11-9-8-10-12-14-17-20-22;1-5(2,3)4/h22H,4-21H2,1-3H3;(H3,1,2,3,4)/q+1;. The molecule has 1 aliphatic rings. The first-order chi connectivity index (χ1) is 13.2. The number of hydrogen-bond acceptors (Lipinski definition) is 1. The zero-order chi connectivity index (χ0) is 21.3. The number of unbranched alkanes of at least 4 members (excludes halogenated alkanes) is 5. The maximum atomic E-state index is 8.88. The molecule has 0 amide bonds. The summed E-state index contributed by atoms with van der Waals surface area (Å²) in [6.45, 7) is 3.71. The molecule has 0 radical (unpaired) electrons. The van der Waals surface area contributed by atoms with Gasteiger partial charge in [-0.3, -0.25) is 0 Å². The molecule has 3 N–H and O–H groups in total. The van der Waals surface area contributed by atoms with E-state index in [4.69, 9.17) is 19.2 Å². The monoisotopic (exact) mass is 422 g/mol. The first kappa shape index (κ1) is 28.1. The van der Waals surface area contributed by atoms with E-state index in [-0.39, 0.29) is 0 Å². The smallest absolute Gasteiger partial charge is 0.326 e. The minimum Gasteiger partial charge on any atom is -0.326 e. The molecule has 0 aromatic carbocycles. The normalized spacial score (nSPS) is 18.5. The molecule has 6 heteroatoms. The van der Waals surface area contributed by atoms with Gasteiger partial charge < -0.3 is 19.2 Å². The maximum Gasteiger partial charge on any atom is 0.466 e. The van der Waals surface area contributed by atoms with Gasteiger partial charge in [0.15, 0.2) is 0 Å². The van der Waals surface area contributed by atoms with Crippen LogP contribution in [0.15, 0.2) is 0 Å². The van der Waals surface area contributed by atoms with E-state index in [0.717, 1.165) is 6.04 Å². The summed E-state index contributed by atoms with van der Waals surface area (Å²) >= 11 is 0. The minimum atomic E-state index is -4.64. The molecule has 0 bridgehead atoms. The second kappa shape index (κ2) is 16.8. The lowest BCUT2D eigenvalue weighted by Gasteiger charge is -2.39. The highest BCUT2D eigenvalue weighted by molar-refractivity contribution is 7.45. The van der Waals surface area contributed by atoms with Crippen LogP contribution in [0.2, 0.25) is 0 Å². The van der Waals surface area contributed by atoms with E-state index in [1.54, 1.807) is 0 Å². The molecule has 28 heavy (non-hydrogen) atoms. The van der Waals surface area contributed by atoms with Crippen molar-refractivity contribution in [3.8, 4) is 0 Å². The van der Waals surface area contributed by atoms with Gasteiger partial charge in [0.05, 0.1) is 26.7 Å². The van der Waals surface area contributed by atoms with Crippen molar-refractivity contribution in [1.29, 1.82) is 0 Å². The van der Waals surface area contributed by atoms with Crippen LogP contribution < -0.4 is 0 Å². The second-order valence-electron chi connectivity index (χ2n) is 9.20. The van der Waals surface area contributed by atoms with Crippen molar-refractivity contribution in [1.82, 2.24) is 0 Å². The zero-order valence-corrected chi connectivity index (χ0v) is 19.8. The molecule has 0 spiro atoms. The molecule has 1 fully saturated rings. The Morgan fingerprint density at radius 1 is 0.714 bits per heavy atom. The van der Waals surface area contributed by atoms with E-state index in [2.05, 4.69) is 21.0 Å². The Morgan fingerprint density at radius 2 is 1.07 bits per heavy atom. The summed E-state index contributed by atoms with van der Waals surface area (Å²) in [6, 6.07) is 0.921. The fraction of sp³-hybridized carbons (Fsp3) is 1.00. The molecule has 170 valence electrons. The first-order valence-corrected chi connectivity index (χ1v) is 13.3. The molecule has 0 unspecified atom stereocenters. The summed E-state index contributed by atoms with van der Waals surface area (Å²) in [7, 11) is 0.394. The summed E-state index contributed by atoms with van der Waals surface area (Å²) in [6.07, 6.45) is 24.9. The lowest BCUT2D eigenvalue weighted by Crippen LogP contribution is -2.49. The molecule has 0 atom stereocenters. The third-order valence-electron chi connectivity index (χ3n) is 6.15. The van der Waals surface area contributed by atoms with Gasteiger partial charge in [0, 0.05) is 0 Å². The molecule has 0 aromatic heterocycles. The van der Waals surface area contributed by atoms with Gasteiger partial charge in [0.2, 0.25) is 0 Å². The van der Waals surface area contributed by atoms with Crippen molar-refractivity contribution in [2.24, 2.45) is 0 Å². The van der Waals surface area contributed by atoms with E-state index in [0.29, 0.717) is 0 Å². The molecule has 0 saturated heterocycles. The molecule has 0 aliphatic heterocycles. The summed E-state index contributed by atoms with van der Waals surface area (Å²) in [5.74, 6) is 0. The predicted molar refractivity (Wildman–Crippen MR) is 119 cm³/mol. The Morgan fingerprint density at radius 3 is 1.50 bits per heavy atom. The average Bonchev–Trinajstić information content (AvgIpc) is 2.57. The lowest BCUT2D eigenvalue weighted by atomic mass is 9.95. The summed E-state index contributed by atoms with van der Waals surface area (Å²) < 4.78 is 10.2. The van der Waals surface area contributed by atoms with E-state index >= 15 is 0 Å². The fourth-order valence-corrected chi connectivity index (χ4v) is 4.32. The zero-order valence-electron chi connectivity index (χ0n) is 18.9. The Kier molecular flexibility index (Phi) is 16.9. The Balaban J connectivity index is 0.00000129. The molecular weight excluding hydrogens is 373 g/mol. The lowest BCUT2D eigenvalue weighted by molar-refractivity contribution is -0.916.